The Kier molecular flexibility index (Phi) is 6.32. The summed E-state index contributed by atoms with van der Waals surface area (Å²) in [4.78, 5) is 17.5. The number of hydrogen-bond donors (Lipinski definition) is 1. The molecule has 1 saturated carbocycles. The molecule has 0 unspecified atom stereocenters. The number of alkyl halides is 3. The number of rotatable bonds is 7. The second kappa shape index (κ2) is 8.81. The van der Waals surface area contributed by atoms with Gasteiger partial charge in [-0.3, -0.25) is 14.2 Å². The number of carbonyl (C=O) groups excluding carboxylic acids is 1. The number of pyridine rings is 1. The summed E-state index contributed by atoms with van der Waals surface area (Å²) in [5, 5.41) is 8.33. The first-order chi connectivity index (χ1) is 15.9. The van der Waals surface area contributed by atoms with Crippen LogP contribution in [-0.2, 0) is 5.54 Å². The Morgan fingerprint density at radius 2 is 2.00 bits per heavy atom. The second-order valence-corrected chi connectivity index (χ2v) is 10.2. The van der Waals surface area contributed by atoms with Crippen LogP contribution in [0.15, 0.2) is 41.7 Å². The number of amides is 1. The van der Waals surface area contributed by atoms with Crippen LogP contribution in [0.5, 0.6) is 5.88 Å². The maximum absolute atomic E-state index is 13.0. The van der Waals surface area contributed by atoms with E-state index in [-0.39, 0.29) is 40.8 Å². The van der Waals surface area contributed by atoms with Gasteiger partial charge in [0.05, 0.1) is 22.2 Å². The van der Waals surface area contributed by atoms with Crippen LogP contribution >= 0.6 is 23.5 Å². The summed E-state index contributed by atoms with van der Waals surface area (Å²) in [6.45, 7) is 5.57. The van der Waals surface area contributed by atoms with Crippen molar-refractivity contribution in [3.63, 3.8) is 0 Å². The van der Waals surface area contributed by atoms with Crippen molar-refractivity contribution in [2.24, 2.45) is 5.41 Å². The molecule has 4 rings (SSSR count). The molecule has 3 aromatic rings. The summed E-state index contributed by atoms with van der Waals surface area (Å²) in [6, 6.07) is 4.46. The topological polar surface area (TPSA) is 86.9 Å². The Morgan fingerprint density at radius 3 is 2.59 bits per heavy atom. The van der Waals surface area contributed by atoms with E-state index in [1.807, 2.05) is 27.0 Å². The Balaban J connectivity index is 1.37. The van der Waals surface area contributed by atoms with Gasteiger partial charge in [-0.2, -0.15) is 18.3 Å². The quantitative estimate of drug-likeness (QED) is 0.351. The highest BCUT2D eigenvalue weighted by atomic mass is 35.5. The molecule has 0 atom stereocenters. The maximum Gasteiger partial charge on any atom is 0.397 e. The number of nitrogens with one attached hydrogen (secondary N) is 1. The fourth-order valence-corrected chi connectivity index (χ4v) is 3.80. The lowest BCUT2D eigenvalue weighted by atomic mass is 10.1. The van der Waals surface area contributed by atoms with Gasteiger partial charge in [0.15, 0.2) is 5.82 Å². The standard InChI is InChI=1S/C21H22ClF3N6O2S/c1-19(2,3)31-11-13(10-26-31)34-29-18(32)14-4-5-15(27-17(14)22)30-9-6-16(28-30)33-12-20(7-8-20)21(23,24)25/h4-6,9-11H,7-8,12H2,1-3H3,(H,29,32). The van der Waals surface area contributed by atoms with Crippen LogP contribution in [0.1, 0.15) is 44.0 Å². The average Bonchev–Trinajstić information content (AvgIpc) is 3.18. The highest BCUT2D eigenvalue weighted by Gasteiger charge is 2.64. The number of aromatic nitrogens is 5. The van der Waals surface area contributed by atoms with E-state index in [1.165, 1.54) is 29.1 Å². The molecular formula is C21H22ClF3N6O2S. The molecule has 0 aromatic carbocycles. The molecule has 1 amide bonds. The van der Waals surface area contributed by atoms with Gasteiger partial charge >= 0.3 is 6.18 Å². The van der Waals surface area contributed by atoms with E-state index in [1.54, 1.807) is 10.9 Å². The van der Waals surface area contributed by atoms with Crippen LogP contribution in [0.3, 0.4) is 0 Å². The van der Waals surface area contributed by atoms with Gasteiger partial charge in [0.1, 0.15) is 17.2 Å². The van der Waals surface area contributed by atoms with E-state index in [2.05, 4.69) is 19.9 Å². The first-order valence-corrected chi connectivity index (χ1v) is 11.5. The SMILES string of the molecule is CC(C)(C)n1cc(SNC(=O)c2ccc(-n3ccc(OCC4(C(F)(F)F)CC4)n3)nc2Cl)cn1. The molecule has 1 aliphatic carbocycles. The van der Waals surface area contributed by atoms with Crippen LogP contribution in [-0.4, -0.2) is 43.2 Å². The van der Waals surface area contributed by atoms with E-state index in [4.69, 9.17) is 16.3 Å². The number of ether oxygens (including phenoxy) is 1. The molecule has 1 aliphatic rings. The van der Waals surface area contributed by atoms with E-state index < -0.39 is 24.1 Å². The zero-order valence-electron chi connectivity index (χ0n) is 18.6. The molecule has 0 radical (unpaired) electrons. The number of carbonyl (C=O) groups is 1. The Hall–Kier alpha value is -2.73. The number of halogens is 4. The van der Waals surface area contributed by atoms with Crippen LogP contribution < -0.4 is 9.46 Å². The van der Waals surface area contributed by atoms with E-state index in [9.17, 15) is 18.0 Å². The lowest BCUT2D eigenvalue weighted by molar-refractivity contribution is -0.194. The minimum Gasteiger partial charge on any atom is -0.476 e. The lowest BCUT2D eigenvalue weighted by Gasteiger charge is -2.18. The predicted molar refractivity (Wildman–Crippen MR) is 120 cm³/mol. The first kappa shape index (κ1) is 24.4. The molecule has 0 spiro atoms. The fourth-order valence-electron chi connectivity index (χ4n) is 2.99. The molecule has 3 heterocycles. The normalized spacial score (nSPS) is 15.3. The third kappa shape index (κ3) is 5.17. The molecule has 1 fully saturated rings. The maximum atomic E-state index is 13.0. The highest BCUT2D eigenvalue weighted by Crippen LogP contribution is 2.57. The predicted octanol–water partition coefficient (Wildman–Crippen LogP) is 5.03. The molecule has 34 heavy (non-hydrogen) atoms. The molecular weight excluding hydrogens is 493 g/mol. The summed E-state index contributed by atoms with van der Waals surface area (Å²) < 4.78 is 50.2. The monoisotopic (exact) mass is 514 g/mol. The summed E-state index contributed by atoms with van der Waals surface area (Å²) in [5.41, 5.74) is -1.80. The average molecular weight is 515 g/mol. The summed E-state index contributed by atoms with van der Waals surface area (Å²) in [6.07, 6.45) is 0.765. The minimum atomic E-state index is -4.30. The van der Waals surface area contributed by atoms with Crippen molar-refractivity contribution in [1.82, 2.24) is 29.3 Å². The van der Waals surface area contributed by atoms with Crippen molar-refractivity contribution < 1.29 is 22.7 Å². The Morgan fingerprint density at radius 1 is 1.26 bits per heavy atom. The third-order valence-electron chi connectivity index (χ3n) is 5.34. The van der Waals surface area contributed by atoms with Crippen molar-refractivity contribution in [3.05, 3.63) is 47.5 Å². The van der Waals surface area contributed by atoms with Gasteiger partial charge in [-0.15, -0.1) is 5.10 Å². The molecule has 1 N–H and O–H groups in total. The zero-order valence-corrected chi connectivity index (χ0v) is 20.1. The summed E-state index contributed by atoms with van der Waals surface area (Å²) in [7, 11) is 0. The van der Waals surface area contributed by atoms with Crippen LogP contribution in [0.25, 0.3) is 5.82 Å². The van der Waals surface area contributed by atoms with Crippen molar-refractivity contribution in [2.75, 3.05) is 6.61 Å². The van der Waals surface area contributed by atoms with Gasteiger partial charge in [0, 0.05) is 18.5 Å². The lowest BCUT2D eigenvalue weighted by Crippen LogP contribution is -2.30. The Bertz CT molecular complexity index is 1200. The highest BCUT2D eigenvalue weighted by molar-refractivity contribution is 7.98. The summed E-state index contributed by atoms with van der Waals surface area (Å²) in [5.74, 6) is -0.112. The van der Waals surface area contributed by atoms with Crippen LogP contribution in [0.4, 0.5) is 13.2 Å². The smallest absolute Gasteiger partial charge is 0.397 e. The van der Waals surface area contributed by atoms with Gasteiger partial charge in [0.2, 0.25) is 5.88 Å². The van der Waals surface area contributed by atoms with Gasteiger partial charge in [-0.1, -0.05) is 11.6 Å². The minimum absolute atomic E-state index is 0.0440. The van der Waals surface area contributed by atoms with Crippen LogP contribution in [0, 0.1) is 5.41 Å². The van der Waals surface area contributed by atoms with E-state index in [0.717, 1.165) is 16.8 Å². The second-order valence-electron chi connectivity index (χ2n) is 9.00. The van der Waals surface area contributed by atoms with Crippen molar-refractivity contribution in [3.8, 4) is 11.7 Å². The van der Waals surface area contributed by atoms with Gasteiger partial charge in [-0.05, 0) is 57.7 Å². The third-order valence-corrected chi connectivity index (χ3v) is 6.36. The van der Waals surface area contributed by atoms with Crippen molar-refractivity contribution in [2.45, 2.75) is 50.2 Å². The fraction of sp³-hybridized carbons (Fsp3) is 0.429. The van der Waals surface area contributed by atoms with Crippen molar-refractivity contribution in [1.29, 1.82) is 0 Å². The molecule has 0 saturated heterocycles. The molecule has 13 heteroatoms. The van der Waals surface area contributed by atoms with Crippen molar-refractivity contribution >= 4 is 29.5 Å². The first-order valence-electron chi connectivity index (χ1n) is 10.3. The van der Waals surface area contributed by atoms with Gasteiger partial charge < -0.3 is 4.74 Å². The number of nitrogens with zero attached hydrogens (tertiary/aromatic N) is 5. The Labute approximate surface area is 203 Å². The zero-order chi connectivity index (χ0) is 24.7. The molecule has 0 bridgehead atoms. The van der Waals surface area contributed by atoms with E-state index in [0.29, 0.717) is 0 Å². The van der Waals surface area contributed by atoms with Crippen LogP contribution in [0.2, 0.25) is 5.15 Å². The van der Waals surface area contributed by atoms with Gasteiger partial charge in [-0.25, -0.2) is 9.67 Å². The molecule has 0 aliphatic heterocycles. The molecule has 8 nitrogen and oxygen atoms in total. The van der Waals surface area contributed by atoms with Gasteiger partial charge in [0.25, 0.3) is 5.91 Å². The largest absolute Gasteiger partial charge is 0.476 e. The summed E-state index contributed by atoms with van der Waals surface area (Å²) >= 11 is 7.31. The number of hydrogen-bond acceptors (Lipinski definition) is 6. The molecule has 3 aromatic heterocycles. The molecule has 182 valence electrons. The van der Waals surface area contributed by atoms with E-state index >= 15 is 0 Å².